The minimum Gasteiger partial charge on any atom is -0.491 e. The van der Waals surface area contributed by atoms with E-state index in [4.69, 9.17) is 4.74 Å². The van der Waals surface area contributed by atoms with Gasteiger partial charge in [0, 0.05) is 25.2 Å². The first kappa shape index (κ1) is 17.1. The lowest BCUT2D eigenvalue weighted by Crippen LogP contribution is -2.35. The lowest BCUT2D eigenvalue weighted by Gasteiger charge is -2.22. The Morgan fingerprint density at radius 2 is 2.05 bits per heavy atom. The van der Waals surface area contributed by atoms with E-state index in [0.717, 1.165) is 0 Å². The van der Waals surface area contributed by atoms with Crippen LogP contribution in [0.3, 0.4) is 0 Å². The summed E-state index contributed by atoms with van der Waals surface area (Å²) in [6.07, 6.45) is 2.95. The fourth-order valence-corrected chi connectivity index (χ4v) is 1.94. The lowest BCUT2D eigenvalue weighted by atomic mass is 10.1. The highest BCUT2D eigenvalue weighted by atomic mass is 16.5. The van der Waals surface area contributed by atoms with Gasteiger partial charge >= 0.3 is 0 Å². The zero-order valence-corrected chi connectivity index (χ0v) is 12.5. The summed E-state index contributed by atoms with van der Waals surface area (Å²) in [5.41, 5.74) is 0.599. The van der Waals surface area contributed by atoms with Crippen LogP contribution in [0, 0.1) is 0 Å². The number of aliphatic hydroxyl groups is 1. The molecule has 0 fully saturated rings. The molecule has 0 heterocycles. The third kappa shape index (κ3) is 6.38. The van der Waals surface area contributed by atoms with Crippen molar-refractivity contribution in [3.05, 3.63) is 55.1 Å². The van der Waals surface area contributed by atoms with E-state index < -0.39 is 6.10 Å². The monoisotopic (exact) mass is 289 g/mol. The van der Waals surface area contributed by atoms with Gasteiger partial charge in [-0.3, -0.25) is 9.69 Å². The van der Waals surface area contributed by atoms with Crippen LogP contribution < -0.4 is 4.74 Å². The van der Waals surface area contributed by atoms with Crippen molar-refractivity contribution in [2.75, 3.05) is 26.2 Å². The Balaban J connectivity index is 2.49. The maximum Gasteiger partial charge on any atom is 0.159 e. The number of nitrogens with zero attached hydrogens (tertiary/aromatic N) is 1. The van der Waals surface area contributed by atoms with Gasteiger partial charge in [-0.1, -0.05) is 24.3 Å². The fourth-order valence-electron chi connectivity index (χ4n) is 1.94. The topological polar surface area (TPSA) is 49.8 Å². The second-order valence-electron chi connectivity index (χ2n) is 4.84. The predicted octanol–water partition coefficient (Wildman–Crippen LogP) is 2.30. The summed E-state index contributed by atoms with van der Waals surface area (Å²) < 4.78 is 5.54. The molecular formula is C17H23NO3. The highest BCUT2D eigenvalue weighted by molar-refractivity contribution is 5.94. The zero-order valence-electron chi connectivity index (χ0n) is 12.5. The van der Waals surface area contributed by atoms with Gasteiger partial charge in [0.15, 0.2) is 5.78 Å². The Hall–Kier alpha value is -1.91. The molecule has 4 heteroatoms. The number of ketones is 1. The second kappa shape index (κ2) is 9.10. The molecule has 0 aromatic heterocycles. The minimum atomic E-state index is -0.620. The van der Waals surface area contributed by atoms with Crippen molar-refractivity contribution in [3.63, 3.8) is 0 Å². The van der Waals surface area contributed by atoms with Crippen molar-refractivity contribution in [2.45, 2.75) is 13.0 Å². The van der Waals surface area contributed by atoms with Crippen molar-refractivity contribution in [2.24, 2.45) is 0 Å². The van der Waals surface area contributed by atoms with Crippen molar-refractivity contribution in [3.8, 4) is 5.75 Å². The van der Waals surface area contributed by atoms with Crippen LogP contribution in [0.1, 0.15) is 17.3 Å². The van der Waals surface area contributed by atoms with Crippen LogP contribution in [-0.2, 0) is 0 Å². The summed E-state index contributed by atoms with van der Waals surface area (Å²) in [6.45, 7) is 10.9. The standard InChI is InChI=1S/C17H23NO3/c1-4-9-18(10-5-2)12-16(20)13-21-17-8-6-7-15(11-17)14(3)19/h4-8,11,16,20H,1-2,9-10,12-13H2,3H3/t16-/m1/s1. The molecule has 0 saturated heterocycles. The van der Waals surface area contributed by atoms with Crippen LogP contribution in [0.25, 0.3) is 0 Å². The van der Waals surface area contributed by atoms with Crippen LogP contribution in [0.15, 0.2) is 49.6 Å². The molecule has 0 saturated carbocycles. The van der Waals surface area contributed by atoms with E-state index in [0.29, 0.717) is 30.9 Å². The van der Waals surface area contributed by atoms with Crippen LogP contribution >= 0.6 is 0 Å². The summed E-state index contributed by atoms with van der Waals surface area (Å²) in [5, 5.41) is 10.0. The smallest absolute Gasteiger partial charge is 0.159 e. The molecule has 0 spiro atoms. The molecule has 1 atom stereocenters. The van der Waals surface area contributed by atoms with Gasteiger partial charge in [-0.2, -0.15) is 0 Å². The Morgan fingerprint density at radius 1 is 1.38 bits per heavy atom. The predicted molar refractivity (Wildman–Crippen MR) is 84.8 cm³/mol. The number of rotatable bonds is 10. The molecule has 114 valence electrons. The Morgan fingerprint density at radius 3 is 2.62 bits per heavy atom. The highest BCUT2D eigenvalue weighted by Gasteiger charge is 2.11. The van der Waals surface area contributed by atoms with Gasteiger partial charge in [0.1, 0.15) is 18.5 Å². The van der Waals surface area contributed by atoms with Gasteiger partial charge in [0.05, 0.1) is 0 Å². The highest BCUT2D eigenvalue weighted by Crippen LogP contribution is 2.14. The van der Waals surface area contributed by atoms with Gasteiger partial charge in [-0.05, 0) is 19.1 Å². The number of benzene rings is 1. The quantitative estimate of drug-likeness (QED) is 0.530. The average molecular weight is 289 g/mol. The maximum absolute atomic E-state index is 11.3. The molecule has 4 nitrogen and oxygen atoms in total. The third-order valence-electron chi connectivity index (χ3n) is 2.93. The van der Waals surface area contributed by atoms with Gasteiger partial charge in [-0.15, -0.1) is 13.2 Å². The van der Waals surface area contributed by atoms with Crippen LogP contribution in [0.2, 0.25) is 0 Å². The SMILES string of the molecule is C=CCN(CC=C)C[C@@H](O)COc1cccc(C(C)=O)c1. The van der Waals surface area contributed by atoms with E-state index in [-0.39, 0.29) is 12.4 Å². The number of carbonyl (C=O) groups is 1. The molecule has 1 rings (SSSR count). The first-order chi connectivity index (χ1) is 10.1. The van der Waals surface area contributed by atoms with Crippen molar-refractivity contribution < 1.29 is 14.6 Å². The van der Waals surface area contributed by atoms with E-state index in [1.807, 2.05) is 4.90 Å². The number of aliphatic hydroxyl groups excluding tert-OH is 1. The summed E-state index contributed by atoms with van der Waals surface area (Å²) in [7, 11) is 0. The summed E-state index contributed by atoms with van der Waals surface area (Å²) in [5.74, 6) is 0.574. The summed E-state index contributed by atoms with van der Waals surface area (Å²) in [4.78, 5) is 13.3. The Labute approximate surface area is 126 Å². The molecule has 0 unspecified atom stereocenters. The largest absolute Gasteiger partial charge is 0.491 e. The molecule has 0 bridgehead atoms. The van der Waals surface area contributed by atoms with E-state index in [1.165, 1.54) is 6.92 Å². The van der Waals surface area contributed by atoms with E-state index in [9.17, 15) is 9.90 Å². The number of hydrogen-bond donors (Lipinski definition) is 1. The van der Waals surface area contributed by atoms with Gasteiger partial charge in [0.2, 0.25) is 0 Å². The zero-order chi connectivity index (χ0) is 15.7. The molecule has 1 N–H and O–H groups in total. The summed E-state index contributed by atoms with van der Waals surface area (Å²) >= 11 is 0. The number of carbonyl (C=O) groups excluding carboxylic acids is 1. The molecule has 1 aromatic rings. The molecule has 0 aliphatic heterocycles. The van der Waals surface area contributed by atoms with Crippen LogP contribution in [-0.4, -0.2) is 48.1 Å². The molecule has 0 amide bonds. The molecule has 0 aliphatic carbocycles. The number of Topliss-reactive ketones (excluding diaryl/α,β-unsaturated/α-hetero) is 1. The van der Waals surface area contributed by atoms with E-state index in [2.05, 4.69) is 13.2 Å². The maximum atomic E-state index is 11.3. The van der Waals surface area contributed by atoms with Crippen molar-refractivity contribution in [1.82, 2.24) is 4.90 Å². The number of ether oxygens (including phenoxy) is 1. The Bertz CT molecular complexity index is 475. The van der Waals surface area contributed by atoms with E-state index >= 15 is 0 Å². The van der Waals surface area contributed by atoms with Crippen molar-refractivity contribution in [1.29, 1.82) is 0 Å². The molecular weight excluding hydrogens is 266 g/mol. The van der Waals surface area contributed by atoms with Gasteiger partial charge in [0.25, 0.3) is 0 Å². The lowest BCUT2D eigenvalue weighted by molar-refractivity contribution is 0.0754. The minimum absolute atomic E-state index is 0.0101. The number of hydrogen-bond acceptors (Lipinski definition) is 4. The molecule has 0 radical (unpaired) electrons. The first-order valence-corrected chi connectivity index (χ1v) is 6.92. The molecule has 1 aromatic carbocycles. The van der Waals surface area contributed by atoms with Crippen molar-refractivity contribution >= 4 is 5.78 Å². The molecule has 21 heavy (non-hydrogen) atoms. The third-order valence-corrected chi connectivity index (χ3v) is 2.93. The van der Waals surface area contributed by atoms with E-state index in [1.54, 1.807) is 36.4 Å². The fraction of sp³-hybridized carbons (Fsp3) is 0.353. The second-order valence-corrected chi connectivity index (χ2v) is 4.84. The van der Waals surface area contributed by atoms with Crippen LogP contribution in [0.5, 0.6) is 5.75 Å². The normalized spacial score (nSPS) is 12.0. The molecule has 0 aliphatic rings. The first-order valence-electron chi connectivity index (χ1n) is 6.92. The average Bonchev–Trinajstić information content (AvgIpc) is 2.46. The van der Waals surface area contributed by atoms with Crippen LogP contribution in [0.4, 0.5) is 0 Å². The Kier molecular flexibility index (Phi) is 7.43. The van der Waals surface area contributed by atoms with Gasteiger partial charge in [-0.25, -0.2) is 0 Å². The van der Waals surface area contributed by atoms with Gasteiger partial charge < -0.3 is 9.84 Å². The summed E-state index contributed by atoms with van der Waals surface area (Å²) in [6, 6.07) is 6.95.